The Morgan fingerprint density at radius 1 is 0.436 bits per heavy atom. The summed E-state index contributed by atoms with van der Waals surface area (Å²) >= 11 is 0. The molecule has 1 N–H and O–H groups in total. The van der Waals surface area contributed by atoms with Gasteiger partial charge in [-0.15, -0.1) is 0 Å². The second-order valence-electron chi connectivity index (χ2n) is 14.7. The van der Waals surface area contributed by atoms with Gasteiger partial charge in [0.1, 0.15) is 0 Å². The zero-order valence-electron chi connectivity index (χ0n) is 28.2. The van der Waals surface area contributed by atoms with Gasteiger partial charge < -0.3 is 5.11 Å². The van der Waals surface area contributed by atoms with Crippen LogP contribution in [0.25, 0.3) is 0 Å². The Morgan fingerprint density at radius 2 is 0.718 bits per heavy atom. The minimum Gasteiger partial charge on any atom is -0.481 e. The smallest absolute Gasteiger partial charge is 0.306 e. The molecule has 0 aromatic carbocycles. The number of carboxylic acids is 1. The van der Waals surface area contributed by atoms with E-state index in [2.05, 4.69) is 48.5 Å². The van der Waals surface area contributed by atoms with Gasteiger partial charge in [0.15, 0.2) is 0 Å². The summed E-state index contributed by atoms with van der Waals surface area (Å²) in [4.78, 5) is 11.1. The summed E-state index contributed by atoms with van der Waals surface area (Å²) in [5.41, 5.74) is 0. The summed E-state index contributed by atoms with van der Waals surface area (Å²) in [5, 5.41) is 9.17. The second-order valence-corrected chi connectivity index (χ2v) is 14.7. The SMILES string of the molecule is CCCCCCCCCCCCCCCCC(C)CC(C)CC(C)CC(C)CC(C)CC(C)CC(C)C(=O)O. The van der Waals surface area contributed by atoms with E-state index in [1.807, 2.05) is 6.92 Å². The van der Waals surface area contributed by atoms with Crippen molar-refractivity contribution in [3.05, 3.63) is 0 Å². The summed E-state index contributed by atoms with van der Waals surface area (Å²) in [6.45, 7) is 18.6. The van der Waals surface area contributed by atoms with Gasteiger partial charge in [0, 0.05) is 0 Å². The first-order valence-electron chi connectivity index (χ1n) is 17.8. The first-order valence-corrected chi connectivity index (χ1v) is 17.8. The average molecular weight is 551 g/mol. The largest absolute Gasteiger partial charge is 0.481 e. The van der Waals surface area contributed by atoms with E-state index in [9.17, 15) is 4.79 Å². The Hall–Kier alpha value is -0.530. The van der Waals surface area contributed by atoms with Crippen LogP contribution in [0.4, 0.5) is 0 Å². The van der Waals surface area contributed by atoms with Gasteiger partial charge in [0.05, 0.1) is 5.92 Å². The highest BCUT2D eigenvalue weighted by Crippen LogP contribution is 2.30. The van der Waals surface area contributed by atoms with Crippen molar-refractivity contribution in [1.29, 1.82) is 0 Å². The number of aliphatic carboxylic acids is 1. The van der Waals surface area contributed by atoms with Crippen LogP contribution < -0.4 is 0 Å². The van der Waals surface area contributed by atoms with Crippen LogP contribution in [0, 0.1) is 41.4 Å². The highest BCUT2D eigenvalue weighted by molar-refractivity contribution is 5.69. The number of rotatable bonds is 28. The Labute approximate surface area is 247 Å². The molecular weight excluding hydrogens is 476 g/mol. The third-order valence-corrected chi connectivity index (χ3v) is 9.25. The molecule has 0 bridgehead atoms. The lowest BCUT2D eigenvalue weighted by atomic mass is 9.81. The summed E-state index contributed by atoms with van der Waals surface area (Å²) in [6.07, 6.45) is 29.0. The standard InChI is InChI=1S/C37H74O2/c1-9-10-11-12-13-14-15-16-17-18-19-20-21-22-23-30(2)24-31(3)25-32(4)26-33(5)27-34(6)28-35(7)29-36(8)37(38)39/h30-36H,9-29H2,1-8H3,(H,38,39). The minimum absolute atomic E-state index is 0.220. The summed E-state index contributed by atoms with van der Waals surface area (Å²) in [7, 11) is 0. The molecule has 2 heteroatoms. The van der Waals surface area contributed by atoms with Gasteiger partial charge in [0.2, 0.25) is 0 Å². The van der Waals surface area contributed by atoms with Crippen LogP contribution in [0.3, 0.4) is 0 Å². The molecule has 7 unspecified atom stereocenters. The van der Waals surface area contributed by atoms with E-state index in [-0.39, 0.29) is 5.92 Å². The van der Waals surface area contributed by atoms with Crippen LogP contribution in [0.1, 0.15) is 190 Å². The average Bonchev–Trinajstić information content (AvgIpc) is 2.83. The Morgan fingerprint density at radius 3 is 1.05 bits per heavy atom. The molecule has 0 rings (SSSR count). The molecule has 0 aliphatic carbocycles. The van der Waals surface area contributed by atoms with Crippen molar-refractivity contribution < 1.29 is 9.90 Å². The molecule has 0 saturated heterocycles. The van der Waals surface area contributed by atoms with Crippen molar-refractivity contribution in [2.24, 2.45) is 41.4 Å². The molecule has 0 aliphatic rings. The van der Waals surface area contributed by atoms with E-state index in [1.165, 1.54) is 122 Å². The first-order chi connectivity index (χ1) is 18.5. The normalized spacial score (nSPS) is 17.3. The van der Waals surface area contributed by atoms with E-state index >= 15 is 0 Å². The quantitative estimate of drug-likeness (QED) is 0.0983. The lowest BCUT2D eigenvalue weighted by Gasteiger charge is -2.25. The van der Waals surface area contributed by atoms with Crippen LogP contribution in [0.2, 0.25) is 0 Å². The van der Waals surface area contributed by atoms with E-state index in [4.69, 9.17) is 5.11 Å². The van der Waals surface area contributed by atoms with Crippen molar-refractivity contribution in [2.45, 2.75) is 190 Å². The molecule has 0 heterocycles. The fourth-order valence-electron chi connectivity index (χ4n) is 7.43. The Balaban J connectivity index is 3.77. The summed E-state index contributed by atoms with van der Waals surface area (Å²) < 4.78 is 0. The molecule has 0 saturated carbocycles. The third kappa shape index (κ3) is 24.9. The molecule has 2 nitrogen and oxygen atoms in total. The van der Waals surface area contributed by atoms with Crippen molar-refractivity contribution in [3.63, 3.8) is 0 Å². The molecule has 0 aromatic rings. The topological polar surface area (TPSA) is 37.3 Å². The van der Waals surface area contributed by atoms with Crippen LogP contribution in [0.5, 0.6) is 0 Å². The van der Waals surface area contributed by atoms with Crippen LogP contribution in [0.15, 0.2) is 0 Å². The van der Waals surface area contributed by atoms with Crippen molar-refractivity contribution in [1.82, 2.24) is 0 Å². The predicted molar refractivity (Wildman–Crippen MR) is 174 cm³/mol. The van der Waals surface area contributed by atoms with Gasteiger partial charge in [-0.1, -0.05) is 152 Å². The second kappa shape index (κ2) is 25.2. The Bertz CT molecular complexity index is 544. The predicted octanol–water partition coefficient (Wildman–Crippen LogP) is 12.7. The maximum absolute atomic E-state index is 11.1. The van der Waals surface area contributed by atoms with E-state index < -0.39 is 5.97 Å². The lowest BCUT2D eigenvalue weighted by Crippen LogP contribution is -2.16. The monoisotopic (exact) mass is 551 g/mol. The molecule has 0 spiro atoms. The maximum atomic E-state index is 11.1. The van der Waals surface area contributed by atoms with Crippen molar-refractivity contribution in [3.8, 4) is 0 Å². The van der Waals surface area contributed by atoms with Gasteiger partial charge in [-0.05, 0) is 74.0 Å². The van der Waals surface area contributed by atoms with Gasteiger partial charge >= 0.3 is 5.97 Å². The van der Waals surface area contributed by atoms with Gasteiger partial charge in [-0.2, -0.15) is 0 Å². The molecule has 0 radical (unpaired) electrons. The molecule has 0 aromatic heterocycles. The fourth-order valence-corrected chi connectivity index (χ4v) is 7.43. The van der Waals surface area contributed by atoms with E-state index in [1.54, 1.807) is 0 Å². The van der Waals surface area contributed by atoms with E-state index in [0.29, 0.717) is 11.8 Å². The minimum atomic E-state index is -0.653. The first kappa shape index (κ1) is 38.5. The zero-order valence-corrected chi connectivity index (χ0v) is 28.2. The molecule has 234 valence electrons. The van der Waals surface area contributed by atoms with Crippen LogP contribution >= 0.6 is 0 Å². The number of hydrogen-bond acceptors (Lipinski definition) is 1. The summed E-state index contributed by atoms with van der Waals surface area (Å²) in [6, 6.07) is 0. The Kier molecular flexibility index (Phi) is 24.9. The number of unbranched alkanes of at least 4 members (excludes halogenated alkanes) is 13. The molecular formula is C37H74O2. The molecule has 39 heavy (non-hydrogen) atoms. The van der Waals surface area contributed by atoms with Gasteiger partial charge in [0.25, 0.3) is 0 Å². The number of carbonyl (C=O) groups is 1. The molecule has 7 atom stereocenters. The number of carboxylic acid groups (broad SMARTS) is 1. The lowest BCUT2D eigenvalue weighted by molar-refractivity contribution is -0.141. The van der Waals surface area contributed by atoms with Crippen LogP contribution in [-0.4, -0.2) is 11.1 Å². The zero-order chi connectivity index (χ0) is 29.5. The van der Waals surface area contributed by atoms with Crippen molar-refractivity contribution in [2.75, 3.05) is 0 Å². The van der Waals surface area contributed by atoms with Gasteiger partial charge in [-0.25, -0.2) is 0 Å². The van der Waals surface area contributed by atoms with E-state index in [0.717, 1.165) is 36.5 Å². The van der Waals surface area contributed by atoms with Gasteiger partial charge in [-0.3, -0.25) is 4.79 Å². The van der Waals surface area contributed by atoms with Crippen molar-refractivity contribution >= 4 is 5.97 Å². The highest BCUT2D eigenvalue weighted by Gasteiger charge is 2.20. The third-order valence-electron chi connectivity index (χ3n) is 9.25. The molecule has 0 amide bonds. The van der Waals surface area contributed by atoms with Crippen LogP contribution in [-0.2, 0) is 4.79 Å². The molecule has 0 fully saturated rings. The highest BCUT2D eigenvalue weighted by atomic mass is 16.4. The summed E-state index contributed by atoms with van der Waals surface area (Å²) in [5.74, 6) is 3.59. The number of hydrogen-bond donors (Lipinski definition) is 1. The molecule has 0 aliphatic heterocycles. The fraction of sp³-hybridized carbons (Fsp3) is 0.973. The maximum Gasteiger partial charge on any atom is 0.306 e.